The van der Waals surface area contributed by atoms with Gasteiger partial charge in [0, 0.05) is 30.3 Å². The van der Waals surface area contributed by atoms with Crippen molar-refractivity contribution >= 4 is 21.8 Å². The van der Waals surface area contributed by atoms with Crippen molar-refractivity contribution in [3.63, 3.8) is 0 Å². The number of likely N-dealkylation sites (tertiary alicyclic amines) is 1. The minimum atomic E-state index is -3.84. The molecule has 2 saturated heterocycles. The number of piperidine rings is 1. The molecule has 0 spiro atoms. The molecule has 0 bridgehead atoms. The molecular formula is C33H53F2N5O4S. The average molecular weight is 654 g/mol. The molecule has 2 heterocycles. The number of sulfonamides is 1. The molecule has 3 unspecified atom stereocenters. The number of nitrogens with zero attached hydrogens (tertiary/aromatic N) is 1. The third kappa shape index (κ3) is 9.92. The minimum absolute atomic E-state index is 0.0297. The first-order valence-corrected chi connectivity index (χ1v) is 18.6. The predicted molar refractivity (Wildman–Crippen MR) is 172 cm³/mol. The normalized spacial score (nSPS) is 26.7. The van der Waals surface area contributed by atoms with Gasteiger partial charge in [-0.2, -0.15) is 0 Å². The zero-order valence-electron chi connectivity index (χ0n) is 27.3. The Kier molecular flexibility index (Phi) is 12.8. The molecule has 0 aromatic heterocycles. The Balaban J connectivity index is 1.52. The molecule has 4 N–H and O–H groups in total. The highest BCUT2D eigenvalue weighted by Crippen LogP contribution is 2.35. The van der Waals surface area contributed by atoms with E-state index in [4.69, 9.17) is 0 Å². The number of halogens is 2. The Morgan fingerprint density at radius 1 is 0.978 bits per heavy atom. The Bertz CT molecular complexity index is 1260. The lowest BCUT2D eigenvalue weighted by Gasteiger charge is -2.34. The summed E-state index contributed by atoms with van der Waals surface area (Å²) in [4.78, 5) is 28.8. The first-order valence-electron chi connectivity index (χ1n) is 16.9. The van der Waals surface area contributed by atoms with Crippen LogP contribution in [-0.2, 0) is 19.6 Å². The molecule has 12 heteroatoms. The highest BCUT2D eigenvalue weighted by atomic mass is 32.2. The highest BCUT2D eigenvalue weighted by Gasteiger charge is 2.42. The summed E-state index contributed by atoms with van der Waals surface area (Å²) in [7, 11) is -3.84. The number of carbonyl (C=O) groups excluding carboxylic acids is 2. The van der Waals surface area contributed by atoms with Gasteiger partial charge in [0.2, 0.25) is 21.8 Å². The van der Waals surface area contributed by atoms with Crippen LogP contribution in [0.4, 0.5) is 8.78 Å². The zero-order chi connectivity index (χ0) is 32.7. The van der Waals surface area contributed by atoms with Crippen molar-refractivity contribution in [3.8, 4) is 0 Å². The van der Waals surface area contributed by atoms with E-state index in [0.717, 1.165) is 63.9 Å². The van der Waals surface area contributed by atoms with Crippen molar-refractivity contribution in [2.24, 2.45) is 11.8 Å². The van der Waals surface area contributed by atoms with E-state index in [1.54, 1.807) is 25.7 Å². The van der Waals surface area contributed by atoms with Gasteiger partial charge >= 0.3 is 0 Å². The van der Waals surface area contributed by atoms with E-state index >= 15 is 4.39 Å². The maximum atomic E-state index is 15.1. The van der Waals surface area contributed by atoms with Gasteiger partial charge in [-0.05, 0) is 63.9 Å². The maximum absolute atomic E-state index is 15.1. The van der Waals surface area contributed by atoms with Crippen molar-refractivity contribution in [2.75, 3.05) is 12.3 Å². The summed E-state index contributed by atoms with van der Waals surface area (Å²) in [5.41, 5.74) is 0.373. The molecule has 3 aliphatic rings. The second kappa shape index (κ2) is 16.1. The van der Waals surface area contributed by atoms with E-state index in [0.29, 0.717) is 12.1 Å². The van der Waals surface area contributed by atoms with Crippen LogP contribution in [0.5, 0.6) is 0 Å². The summed E-state index contributed by atoms with van der Waals surface area (Å²) in [6.45, 7) is 7.92. The second-order valence-corrected chi connectivity index (χ2v) is 15.7. The molecule has 4 rings (SSSR count). The van der Waals surface area contributed by atoms with E-state index in [1.807, 2.05) is 6.92 Å². The van der Waals surface area contributed by atoms with Gasteiger partial charge in [-0.3, -0.25) is 20.2 Å². The molecular weight excluding hydrogens is 600 g/mol. The fourth-order valence-corrected chi connectivity index (χ4v) is 8.89. The van der Waals surface area contributed by atoms with Crippen LogP contribution in [0, 0.1) is 23.5 Å². The monoisotopic (exact) mass is 653 g/mol. The van der Waals surface area contributed by atoms with Crippen LogP contribution in [0.2, 0.25) is 0 Å². The number of rotatable bonds is 11. The first kappa shape index (κ1) is 35.7. The van der Waals surface area contributed by atoms with Crippen LogP contribution in [0.1, 0.15) is 110 Å². The molecule has 2 amide bonds. The number of carbonyl (C=O) groups is 2. The van der Waals surface area contributed by atoms with Crippen molar-refractivity contribution in [2.45, 2.75) is 135 Å². The van der Waals surface area contributed by atoms with Crippen molar-refractivity contribution in [3.05, 3.63) is 35.4 Å². The van der Waals surface area contributed by atoms with Gasteiger partial charge in [0.25, 0.3) is 0 Å². The third-order valence-corrected chi connectivity index (χ3v) is 11.4. The van der Waals surface area contributed by atoms with Crippen LogP contribution in [0.25, 0.3) is 0 Å². The Hall–Kier alpha value is -2.15. The standard InChI is InChI=1S/C33H53F2N5O4S/c1-21(2)20-45(43,44)39-28(19-29(41)40-17-11-10-12-22(40)3)33(42)36-23(4)32-37-30(24-13-8-6-5-7-9-14-24)31(38-32)26-16-15-25(34)18-27(26)35/h15-16,18,21-24,28,30-32,37-39H,5-14,17,19-20H2,1-4H3,(H,36,42)/t22-,23-,28-,30?,31?,32?/m0/s1. The molecule has 9 nitrogen and oxygen atoms in total. The van der Waals surface area contributed by atoms with Crippen LogP contribution >= 0.6 is 0 Å². The number of benzene rings is 1. The van der Waals surface area contributed by atoms with E-state index in [9.17, 15) is 22.4 Å². The predicted octanol–water partition coefficient (Wildman–Crippen LogP) is 4.49. The van der Waals surface area contributed by atoms with Gasteiger partial charge in [0.15, 0.2) is 0 Å². The summed E-state index contributed by atoms with van der Waals surface area (Å²) in [5.74, 6) is -2.16. The van der Waals surface area contributed by atoms with Gasteiger partial charge in [0.05, 0.1) is 30.4 Å². The van der Waals surface area contributed by atoms with Gasteiger partial charge < -0.3 is 10.2 Å². The number of hydrogen-bond acceptors (Lipinski definition) is 6. The lowest BCUT2D eigenvalue weighted by atomic mass is 9.81. The number of nitrogens with one attached hydrogen (secondary N) is 4. The lowest BCUT2D eigenvalue weighted by molar-refractivity contribution is -0.137. The molecule has 0 radical (unpaired) electrons. The highest BCUT2D eigenvalue weighted by molar-refractivity contribution is 7.89. The summed E-state index contributed by atoms with van der Waals surface area (Å²) in [5, 5.41) is 10.0. The lowest BCUT2D eigenvalue weighted by Crippen LogP contribution is -2.57. The van der Waals surface area contributed by atoms with Crippen molar-refractivity contribution in [1.29, 1.82) is 0 Å². The third-order valence-electron chi connectivity index (χ3n) is 9.61. The zero-order valence-corrected chi connectivity index (χ0v) is 28.1. The molecule has 2 aliphatic heterocycles. The van der Waals surface area contributed by atoms with Crippen LogP contribution in [-0.4, -0.2) is 67.8 Å². The van der Waals surface area contributed by atoms with Crippen molar-refractivity contribution < 1.29 is 26.8 Å². The Labute approximate surface area is 268 Å². The summed E-state index contributed by atoms with van der Waals surface area (Å²) in [6.07, 6.45) is 9.70. The fraction of sp³-hybridized carbons (Fsp3) is 0.758. The molecule has 45 heavy (non-hydrogen) atoms. The van der Waals surface area contributed by atoms with E-state index in [1.165, 1.54) is 18.6 Å². The molecule has 6 atom stereocenters. The topological polar surface area (TPSA) is 120 Å². The summed E-state index contributed by atoms with van der Waals surface area (Å²) >= 11 is 0. The molecule has 254 valence electrons. The Morgan fingerprint density at radius 2 is 1.64 bits per heavy atom. The average Bonchev–Trinajstić information content (AvgIpc) is 3.37. The fourth-order valence-electron chi connectivity index (χ4n) is 7.29. The molecule has 1 aliphatic carbocycles. The molecule has 3 fully saturated rings. The van der Waals surface area contributed by atoms with Gasteiger partial charge in [-0.25, -0.2) is 21.9 Å². The van der Waals surface area contributed by atoms with Crippen LogP contribution in [0.15, 0.2) is 18.2 Å². The second-order valence-electron chi connectivity index (χ2n) is 13.9. The SMILES string of the molecule is CC(C)CS(=O)(=O)N[C@@H](CC(=O)N1CCCC[C@@H]1C)C(=O)N[C@@H](C)C1NC(c2ccc(F)cc2F)C(C2CCCCCCC2)N1. The molecule has 1 aromatic rings. The minimum Gasteiger partial charge on any atom is -0.349 e. The summed E-state index contributed by atoms with van der Waals surface area (Å²) < 4.78 is 57.3. The largest absolute Gasteiger partial charge is 0.349 e. The van der Waals surface area contributed by atoms with Gasteiger partial charge in [0.1, 0.15) is 17.7 Å². The number of hydrogen-bond donors (Lipinski definition) is 4. The first-order chi connectivity index (χ1) is 21.3. The van der Waals surface area contributed by atoms with E-state index in [-0.39, 0.29) is 42.0 Å². The number of amides is 2. The van der Waals surface area contributed by atoms with E-state index < -0.39 is 51.9 Å². The maximum Gasteiger partial charge on any atom is 0.239 e. The smallest absolute Gasteiger partial charge is 0.239 e. The van der Waals surface area contributed by atoms with Crippen LogP contribution in [0.3, 0.4) is 0 Å². The molecule has 1 aromatic carbocycles. The van der Waals surface area contributed by atoms with E-state index in [2.05, 4.69) is 20.7 Å². The molecule has 1 saturated carbocycles. The van der Waals surface area contributed by atoms with Crippen LogP contribution < -0.4 is 20.7 Å². The van der Waals surface area contributed by atoms with Crippen molar-refractivity contribution in [1.82, 2.24) is 25.6 Å². The van der Waals surface area contributed by atoms with Gasteiger partial charge in [-0.15, -0.1) is 0 Å². The Morgan fingerprint density at radius 3 is 2.29 bits per heavy atom. The van der Waals surface area contributed by atoms with Gasteiger partial charge in [-0.1, -0.05) is 52.0 Å². The summed E-state index contributed by atoms with van der Waals surface area (Å²) in [6, 6.07) is 1.28. The quantitative estimate of drug-likeness (QED) is 0.280.